The quantitative estimate of drug-likeness (QED) is 0.853. The number of carbonyl (C=O) groups excluding carboxylic acids is 1. The summed E-state index contributed by atoms with van der Waals surface area (Å²) >= 11 is 0. The molecular weight excluding hydrogens is 308 g/mol. The third kappa shape index (κ3) is 3.27. The number of nitrogens with one attached hydrogen (secondary N) is 2. The Bertz CT molecular complexity index is 674. The van der Waals surface area contributed by atoms with Gasteiger partial charge in [0.2, 0.25) is 6.79 Å². The van der Waals surface area contributed by atoms with Crippen molar-refractivity contribution in [3.8, 4) is 11.5 Å². The fraction of sp³-hybridized carbons (Fsp3) is 0.500. The zero-order valence-electron chi connectivity index (χ0n) is 12.0. The Morgan fingerprint density at radius 3 is 2.82 bits per heavy atom. The molecule has 1 atom stereocenters. The van der Waals surface area contributed by atoms with Crippen LogP contribution in [0.4, 0.5) is 4.79 Å². The van der Waals surface area contributed by atoms with Crippen LogP contribution in [-0.4, -0.2) is 38.8 Å². The van der Waals surface area contributed by atoms with Gasteiger partial charge in [-0.05, 0) is 30.5 Å². The molecule has 1 fully saturated rings. The molecule has 1 saturated heterocycles. The predicted octanol–water partition coefficient (Wildman–Crippen LogP) is 0.792. The number of carbonyl (C=O) groups is 1. The molecule has 1 aromatic carbocycles. The van der Waals surface area contributed by atoms with Crippen LogP contribution in [0, 0.1) is 0 Å². The molecule has 8 heteroatoms. The van der Waals surface area contributed by atoms with Gasteiger partial charge in [0.1, 0.15) is 0 Å². The van der Waals surface area contributed by atoms with E-state index in [1.54, 1.807) is 6.07 Å². The van der Waals surface area contributed by atoms with E-state index in [2.05, 4.69) is 10.6 Å². The van der Waals surface area contributed by atoms with Crippen molar-refractivity contribution in [2.24, 2.45) is 0 Å². The molecule has 7 nitrogen and oxygen atoms in total. The van der Waals surface area contributed by atoms with Crippen LogP contribution < -0.4 is 20.1 Å². The maximum absolute atomic E-state index is 11.7. The fourth-order valence-corrected chi connectivity index (χ4v) is 4.36. The molecule has 2 aliphatic heterocycles. The number of ether oxygens (including phenoxy) is 2. The van der Waals surface area contributed by atoms with Gasteiger partial charge in [-0.1, -0.05) is 6.07 Å². The van der Waals surface area contributed by atoms with Crippen molar-refractivity contribution < 1.29 is 22.7 Å². The summed E-state index contributed by atoms with van der Waals surface area (Å²) in [6.45, 7) is 0.706. The molecule has 0 aliphatic carbocycles. The van der Waals surface area contributed by atoms with Crippen LogP contribution in [0.1, 0.15) is 18.4 Å². The molecule has 0 aromatic heterocycles. The van der Waals surface area contributed by atoms with Gasteiger partial charge in [-0.25, -0.2) is 13.2 Å². The zero-order valence-corrected chi connectivity index (χ0v) is 12.8. The van der Waals surface area contributed by atoms with E-state index in [0.717, 1.165) is 5.56 Å². The topological polar surface area (TPSA) is 93.7 Å². The van der Waals surface area contributed by atoms with Crippen molar-refractivity contribution in [3.63, 3.8) is 0 Å². The first-order chi connectivity index (χ1) is 10.5. The Hall–Kier alpha value is -1.96. The molecule has 2 amide bonds. The molecule has 1 aromatic rings. The van der Waals surface area contributed by atoms with Crippen LogP contribution in [0.5, 0.6) is 11.5 Å². The Labute approximate surface area is 128 Å². The second-order valence-corrected chi connectivity index (χ2v) is 7.78. The standard InChI is InChI=1S/C14H18N2O5S/c17-14(16-8-11-2-1-5-22(11,18)19)15-7-10-3-4-12-13(6-10)21-9-20-12/h3-4,6,11H,1-2,5,7-9H2,(H2,15,16,17). The number of sulfone groups is 1. The summed E-state index contributed by atoms with van der Waals surface area (Å²) in [7, 11) is -3.03. The van der Waals surface area contributed by atoms with E-state index in [1.165, 1.54) is 0 Å². The van der Waals surface area contributed by atoms with E-state index in [-0.39, 0.29) is 25.1 Å². The lowest BCUT2D eigenvalue weighted by atomic mass is 10.2. The number of benzene rings is 1. The maximum atomic E-state index is 11.7. The highest BCUT2D eigenvalue weighted by Crippen LogP contribution is 2.32. The SMILES string of the molecule is O=C(NCc1ccc2c(c1)OCO2)NCC1CCCS1(=O)=O. The van der Waals surface area contributed by atoms with E-state index in [4.69, 9.17) is 9.47 Å². The lowest BCUT2D eigenvalue weighted by Crippen LogP contribution is -2.40. The minimum atomic E-state index is -3.03. The van der Waals surface area contributed by atoms with E-state index in [9.17, 15) is 13.2 Å². The molecule has 0 saturated carbocycles. The van der Waals surface area contributed by atoms with Gasteiger partial charge in [0.05, 0.1) is 11.0 Å². The molecular formula is C14H18N2O5S. The first kappa shape index (κ1) is 15.0. The highest BCUT2D eigenvalue weighted by Gasteiger charge is 2.31. The number of hydrogen-bond donors (Lipinski definition) is 2. The second kappa shape index (κ2) is 6.04. The maximum Gasteiger partial charge on any atom is 0.315 e. The number of amides is 2. The third-order valence-electron chi connectivity index (χ3n) is 3.84. The van der Waals surface area contributed by atoms with Crippen LogP contribution in [-0.2, 0) is 16.4 Å². The van der Waals surface area contributed by atoms with Gasteiger partial charge >= 0.3 is 6.03 Å². The molecule has 0 spiro atoms. The molecule has 22 heavy (non-hydrogen) atoms. The van der Waals surface area contributed by atoms with E-state index >= 15 is 0 Å². The van der Waals surface area contributed by atoms with Crippen LogP contribution in [0.3, 0.4) is 0 Å². The monoisotopic (exact) mass is 326 g/mol. The fourth-order valence-electron chi connectivity index (χ4n) is 2.59. The Morgan fingerprint density at radius 2 is 2.05 bits per heavy atom. The highest BCUT2D eigenvalue weighted by molar-refractivity contribution is 7.92. The third-order valence-corrected chi connectivity index (χ3v) is 6.12. The molecule has 0 radical (unpaired) electrons. The first-order valence-corrected chi connectivity index (χ1v) is 8.88. The second-order valence-electron chi connectivity index (χ2n) is 5.38. The van der Waals surface area contributed by atoms with Gasteiger partial charge in [0.25, 0.3) is 0 Å². The van der Waals surface area contributed by atoms with E-state index in [0.29, 0.717) is 30.9 Å². The zero-order chi connectivity index (χ0) is 15.6. The minimum absolute atomic E-state index is 0.162. The summed E-state index contributed by atoms with van der Waals surface area (Å²) in [6.07, 6.45) is 1.29. The molecule has 2 heterocycles. The summed E-state index contributed by atoms with van der Waals surface area (Å²) < 4.78 is 33.8. The van der Waals surface area contributed by atoms with Gasteiger partial charge in [0.15, 0.2) is 21.3 Å². The molecule has 120 valence electrons. The summed E-state index contributed by atoms with van der Waals surface area (Å²) in [5.74, 6) is 1.58. The number of rotatable bonds is 4. The molecule has 3 rings (SSSR count). The van der Waals surface area contributed by atoms with Crippen molar-refractivity contribution in [2.75, 3.05) is 19.1 Å². The number of hydrogen-bond acceptors (Lipinski definition) is 5. The normalized spacial score (nSPS) is 21.5. The van der Waals surface area contributed by atoms with Gasteiger partial charge in [-0.3, -0.25) is 0 Å². The van der Waals surface area contributed by atoms with Crippen LogP contribution in [0.25, 0.3) is 0 Å². The Morgan fingerprint density at radius 1 is 1.23 bits per heavy atom. The minimum Gasteiger partial charge on any atom is -0.454 e. The van der Waals surface area contributed by atoms with Crippen LogP contribution >= 0.6 is 0 Å². The Kier molecular flexibility index (Phi) is 4.10. The average molecular weight is 326 g/mol. The summed E-state index contributed by atoms with van der Waals surface area (Å²) in [5.41, 5.74) is 0.882. The molecule has 2 aliphatic rings. The molecule has 2 N–H and O–H groups in total. The van der Waals surface area contributed by atoms with Gasteiger partial charge in [-0.2, -0.15) is 0 Å². The van der Waals surface area contributed by atoms with E-state index < -0.39 is 15.1 Å². The van der Waals surface area contributed by atoms with Crippen molar-refractivity contribution in [2.45, 2.75) is 24.6 Å². The van der Waals surface area contributed by atoms with Gasteiger partial charge in [0, 0.05) is 13.1 Å². The predicted molar refractivity (Wildman–Crippen MR) is 79.6 cm³/mol. The molecule has 1 unspecified atom stereocenters. The summed E-state index contributed by atoms with van der Waals surface area (Å²) in [4.78, 5) is 11.7. The van der Waals surface area contributed by atoms with E-state index in [1.807, 2.05) is 12.1 Å². The smallest absolute Gasteiger partial charge is 0.315 e. The van der Waals surface area contributed by atoms with Gasteiger partial charge in [-0.15, -0.1) is 0 Å². The Balaban J connectivity index is 1.46. The largest absolute Gasteiger partial charge is 0.454 e. The lowest BCUT2D eigenvalue weighted by Gasteiger charge is -2.12. The summed E-state index contributed by atoms with van der Waals surface area (Å²) in [5, 5.41) is 4.86. The van der Waals surface area contributed by atoms with Gasteiger partial charge < -0.3 is 20.1 Å². The van der Waals surface area contributed by atoms with Crippen LogP contribution in [0.2, 0.25) is 0 Å². The van der Waals surface area contributed by atoms with Crippen molar-refractivity contribution in [1.29, 1.82) is 0 Å². The van der Waals surface area contributed by atoms with Crippen molar-refractivity contribution >= 4 is 15.9 Å². The van der Waals surface area contributed by atoms with Crippen molar-refractivity contribution in [1.82, 2.24) is 10.6 Å². The number of urea groups is 1. The number of fused-ring (bicyclic) bond motifs is 1. The lowest BCUT2D eigenvalue weighted by molar-refractivity contribution is 0.174. The first-order valence-electron chi connectivity index (χ1n) is 7.16. The average Bonchev–Trinajstić information content (AvgIpc) is 3.08. The van der Waals surface area contributed by atoms with Crippen molar-refractivity contribution in [3.05, 3.63) is 23.8 Å². The highest BCUT2D eigenvalue weighted by atomic mass is 32.2. The van der Waals surface area contributed by atoms with Crippen LogP contribution in [0.15, 0.2) is 18.2 Å². The molecule has 0 bridgehead atoms. The summed E-state index contributed by atoms with van der Waals surface area (Å²) in [6, 6.07) is 5.07.